The predicted molar refractivity (Wildman–Crippen MR) is 96.6 cm³/mol. The number of rotatable bonds is 4. The van der Waals surface area contributed by atoms with Crippen molar-refractivity contribution in [2.45, 2.75) is 6.92 Å². The van der Waals surface area contributed by atoms with Crippen molar-refractivity contribution < 1.29 is 4.42 Å². The van der Waals surface area contributed by atoms with Crippen molar-refractivity contribution in [2.75, 3.05) is 5.43 Å². The van der Waals surface area contributed by atoms with E-state index in [1.165, 1.54) is 0 Å². The molecule has 3 nitrogen and oxygen atoms in total. The van der Waals surface area contributed by atoms with Gasteiger partial charge < -0.3 is 4.42 Å². The lowest BCUT2D eigenvalue weighted by Gasteiger charge is -2.02. The van der Waals surface area contributed by atoms with Crippen LogP contribution in [0.15, 0.2) is 64.1 Å². The van der Waals surface area contributed by atoms with Crippen LogP contribution in [0.4, 0.5) is 5.69 Å². The first-order valence-electron chi connectivity index (χ1n) is 7.03. The van der Waals surface area contributed by atoms with Crippen molar-refractivity contribution in [2.24, 2.45) is 5.10 Å². The number of nitrogens with one attached hydrogen (secondary N) is 1. The van der Waals surface area contributed by atoms with Gasteiger partial charge in [-0.05, 0) is 48.9 Å². The molecule has 0 fully saturated rings. The van der Waals surface area contributed by atoms with Crippen LogP contribution in [-0.2, 0) is 0 Å². The first-order valence-corrected chi connectivity index (χ1v) is 7.79. The minimum atomic E-state index is 0.549. The molecular weight excluding hydrogens is 331 g/mol. The Balaban J connectivity index is 1.74. The summed E-state index contributed by atoms with van der Waals surface area (Å²) in [5, 5.41) is 5.33. The SMILES string of the molecule is Cc1ccccc1NN=Cc1ccc(-c2ccc(Cl)cc2Cl)o1. The summed E-state index contributed by atoms with van der Waals surface area (Å²) in [6.07, 6.45) is 1.62. The summed E-state index contributed by atoms with van der Waals surface area (Å²) in [6, 6.07) is 16.9. The quantitative estimate of drug-likeness (QED) is 0.465. The third-order valence-corrected chi connectivity index (χ3v) is 3.89. The molecule has 5 heteroatoms. The molecule has 0 atom stereocenters. The van der Waals surface area contributed by atoms with E-state index in [0.29, 0.717) is 21.6 Å². The third kappa shape index (κ3) is 3.76. The largest absolute Gasteiger partial charge is 0.455 e. The summed E-state index contributed by atoms with van der Waals surface area (Å²) in [4.78, 5) is 0. The van der Waals surface area contributed by atoms with Gasteiger partial charge in [0.15, 0.2) is 0 Å². The van der Waals surface area contributed by atoms with Crippen molar-refractivity contribution in [1.29, 1.82) is 0 Å². The second-order valence-corrected chi connectivity index (χ2v) is 5.85. The normalized spacial score (nSPS) is 11.1. The minimum Gasteiger partial charge on any atom is -0.455 e. The van der Waals surface area contributed by atoms with Crippen LogP contribution < -0.4 is 5.43 Å². The van der Waals surface area contributed by atoms with Gasteiger partial charge in [-0.2, -0.15) is 5.10 Å². The fraction of sp³-hybridized carbons (Fsp3) is 0.0556. The number of hydrogen-bond donors (Lipinski definition) is 1. The Morgan fingerprint density at radius 1 is 1.04 bits per heavy atom. The number of hydrogen-bond acceptors (Lipinski definition) is 3. The van der Waals surface area contributed by atoms with Gasteiger partial charge in [0.05, 0.1) is 16.9 Å². The summed E-state index contributed by atoms with van der Waals surface area (Å²) in [5.74, 6) is 1.30. The fourth-order valence-corrected chi connectivity index (χ4v) is 2.62. The molecule has 0 spiro atoms. The molecular formula is C18H14Cl2N2O. The Morgan fingerprint density at radius 2 is 1.87 bits per heavy atom. The Bertz CT molecular complexity index is 856. The number of benzene rings is 2. The second-order valence-electron chi connectivity index (χ2n) is 5.01. The highest BCUT2D eigenvalue weighted by Gasteiger charge is 2.08. The van der Waals surface area contributed by atoms with Gasteiger partial charge in [0.1, 0.15) is 11.5 Å². The molecule has 1 heterocycles. The van der Waals surface area contributed by atoms with Crippen molar-refractivity contribution in [3.8, 4) is 11.3 Å². The van der Waals surface area contributed by atoms with E-state index in [1.54, 1.807) is 18.3 Å². The van der Waals surface area contributed by atoms with Crippen molar-refractivity contribution in [3.05, 3.63) is 76.0 Å². The second kappa shape index (κ2) is 6.90. The van der Waals surface area contributed by atoms with Gasteiger partial charge in [0, 0.05) is 10.6 Å². The summed E-state index contributed by atoms with van der Waals surface area (Å²) < 4.78 is 5.74. The number of anilines is 1. The van der Waals surface area contributed by atoms with Crippen LogP contribution in [-0.4, -0.2) is 6.21 Å². The summed E-state index contributed by atoms with van der Waals surface area (Å²) in [6.45, 7) is 2.02. The van der Waals surface area contributed by atoms with Gasteiger partial charge in [-0.15, -0.1) is 0 Å². The van der Waals surface area contributed by atoms with E-state index in [0.717, 1.165) is 16.8 Å². The van der Waals surface area contributed by atoms with Crippen LogP contribution in [0.1, 0.15) is 11.3 Å². The Kier molecular flexibility index (Phi) is 4.70. The zero-order valence-corrected chi connectivity index (χ0v) is 13.9. The summed E-state index contributed by atoms with van der Waals surface area (Å²) in [5.41, 5.74) is 5.87. The fourth-order valence-electron chi connectivity index (χ4n) is 2.12. The van der Waals surface area contributed by atoms with Gasteiger partial charge in [0.2, 0.25) is 0 Å². The van der Waals surface area contributed by atoms with Crippen molar-refractivity contribution in [3.63, 3.8) is 0 Å². The van der Waals surface area contributed by atoms with Gasteiger partial charge >= 0.3 is 0 Å². The average Bonchev–Trinajstić information content (AvgIpc) is 2.98. The summed E-state index contributed by atoms with van der Waals surface area (Å²) >= 11 is 12.1. The number of nitrogens with zero attached hydrogens (tertiary/aromatic N) is 1. The molecule has 0 saturated heterocycles. The standard InChI is InChI=1S/C18H14Cl2N2O/c1-12-4-2-3-5-17(12)22-21-11-14-7-9-18(23-14)15-8-6-13(19)10-16(15)20/h2-11,22H,1H3. The maximum atomic E-state index is 6.18. The number of para-hydroxylation sites is 1. The molecule has 0 aliphatic heterocycles. The average molecular weight is 345 g/mol. The molecule has 1 aromatic heterocycles. The van der Waals surface area contributed by atoms with Crippen molar-refractivity contribution >= 4 is 35.1 Å². The van der Waals surface area contributed by atoms with Gasteiger partial charge in [0.25, 0.3) is 0 Å². The first-order chi connectivity index (χ1) is 11.1. The number of halogens is 2. The minimum absolute atomic E-state index is 0.549. The smallest absolute Gasteiger partial charge is 0.147 e. The van der Waals surface area contributed by atoms with E-state index in [1.807, 2.05) is 49.4 Å². The Hall–Kier alpha value is -2.23. The predicted octanol–water partition coefficient (Wildman–Crippen LogP) is 6.01. The highest BCUT2D eigenvalue weighted by Crippen LogP contribution is 2.31. The van der Waals surface area contributed by atoms with E-state index < -0.39 is 0 Å². The summed E-state index contributed by atoms with van der Waals surface area (Å²) in [7, 11) is 0. The Labute approximate surface area is 144 Å². The lowest BCUT2D eigenvalue weighted by atomic mass is 10.2. The van der Waals surface area contributed by atoms with Crippen LogP contribution >= 0.6 is 23.2 Å². The lowest BCUT2D eigenvalue weighted by molar-refractivity contribution is 0.575. The molecule has 2 aromatic carbocycles. The van der Waals surface area contributed by atoms with E-state index >= 15 is 0 Å². The maximum absolute atomic E-state index is 6.18. The van der Waals surface area contributed by atoms with Crippen molar-refractivity contribution in [1.82, 2.24) is 0 Å². The van der Waals surface area contributed by atoms with Crippen LogP contribution in [0.3, 0.4) is 0 Å². The number of hydrazone groups is 1. The highest BCUT2D eigenvalue weighted by molar-refractivity contribution is 6.36. The molecule has 0 amide bonds. The Morgan fingerprint density at radius 3 is 2.65 bits per heavy atom. The topological polar surface area (TPSA) is 37.5 Å². The van der Waals surface area contributed by atoms with Gasteiger partial charge in [-0.1, -0.05) is 41.4 Å². The van der Waals surface area contributed by atoms with Crippen LogP contribution in [0.5, 0.6) is 0 Å². The lowest BCUT2D eigenvalue weighted by Crippen LogP contribution is -1.91. The first kappa shape index (κ1) is 15.7. The van der Waals surface area contributed by atoms with Gasteiger partial charge in [-0.25, -0.2) is 0 Å². The number of furan rings is 1. The van der Waals surface area contributed by atoms with Crippen LogP contribution in [0.2, 0.25) is 10.0 Å². The molecule has 116 valence electrons. The molecule has 0 saturated carbocycles. The molecule has 0 unspecified atom stereocenters. The van der Waals surface area contributed by atoms with Crippen LogP contribution in [0, 0.1) is 6.92 Å². The molecule has 23 heavy (non-hydrogen) atoms. The molecule has 1 N–H and O–H groups in total. The van der Waals surface area contributed by atoms with Crippen LogP contribution in [0.25, 0.3) is 11.3 Å². The maximum Gasteiger partial charge on any atom is 0.147 e. The molecule has 0 aliphatic carbocycles. The molecule has 0 aliphatic rings. The van der Waals surface area contributed by atoms with E-state index in [4.69, 9.17) is 27.6 Å². The number of aryl methyl sites for hydroxylation is 1. The zero-order chi connectivity index (χ0) is 16.2. The van der Waals surface area contributed by atoms with E-state index in [9.17, 15) is 0 Å². The molecule has 0 radical (unpaired) electrons. The molecule has 3 rings (SSSR count). The monoisotopic (exact) mass is 344 g/mol. The molecule has 3 aromatic rings. The third-order valence-electron chi connectivity index (χ3n) is 3.35. The van der Waals surface area contributed by atoms with E-state index in [2.05, 4.69) is 10.5 Å². The highest BCUT2D eigenvalue weighted by atomic mass is 35.5. The molecule has 0 bridgehead atoms. The van der Waals surface area contributed by atoms with Gasteiger partial charge in [-0.3, -0.25) is 5.43 Å². The van der Waals surface area contributed by atoms with E-state index in [-0.39, 0.29) is 0 Å². The zero-order valence-electron chi connectivity index (χ0n) is 12.4.